The number of methoxy groups -OCH3 is 1. The van der Waals surface area contributed by atoms with Crippen molar-refractivity contribution in [3.05, 3.63) is 112 Å². The number of aryl methyl sites for hydroxylation is 3. The quantitative estimate of drug-likeness (QED) is 0.241. The Morgan fingerprint density at radius 2 is 1.76 bits per heavy atom. The van der Waals surface area contributed by atoms with Crippen molar-refractivity contribution in [3.8, 4) is 11.4 Å². The van der Waals surface area contributed by atoms with E-state index in [1.54, 1.807) is 32.4 Å². The van der Waals surface area contributed by atoms with E-state index in [0.29, 0.717) is 31.9 Å². The minimum atomic E-state index is -0.774. The monoisotopic (exact) mass is 647 g/mol. The van der Waals surface area contributed by atoms with Crippen molar-refractivity contribution in [2.75, 3.05) is 7.11 Å². The van der Waals surface area contributed by atoms with E-state index in [-0.39, 0.29) is 11.7 Å². The Labute approximate surface area is 257 Å². The number of carbonyl (C=O) groups excluding carboxylic acids is 1. The lowest BCUT2D eigenvalue weighted by atomic mass is 9.95. The van der Waals surface area contributed by atoms with Crippen LogP contribution in [0.25, 0.3) is 11.8 Å². The predicted molar refractivity (Wildman–Crippen MR) is 170 cm³/mol. The lowest BCUT2D eigenvalue weighted by Crippen LogP contribution is -2.40. The number of rotatable bonds is 6. The summed E-state index contributed by atoms with van der Waals surface area (Å²) in [6.45, 7) is 13.7. The SMILES string of the molecule is COc1ccc(Br)cc1[C@H]1C(C(=O)OC(C)C)=C(C)N=c2s/c(=C\c3cc(C)n(-c4c(C)cccc4C)c3C)c(=O)n21. The van der Waals surface area contributed by atoms with Crippen LogP contribution in [0.1, 0.15) is 60.5 Å². The molecule has 1 aliphatic rings. The molecule has 7 nitrogen and oxygen atoms in total. The summed E-state index contributed by atoms with van der Waals surface area (Å²) in [5.41, 5.74) is 7.84. The number of esters is 1. The molecule has 5 rings (SSSR count). The van der Waals surface area contributed by atoms with E-state index in [1.165, 1.54) is 22.5 Å². The topological polar surface area (TPSA) is 74.8 Å². The van der Waals surface area contributed by atoms with E-state index >= 15 is 0 Å². The van der Waals surface area contributed by atoms with Crippen molar-refractivity contribution in [2.45, 2.75) is 60.6 Å². The molecule has 1 aliphatic heterocycles. The number of allylic oxidation sites excluding steroid dienone is 1. The van der Waals surface area contributed by atoms with Crippen LogP contribution in [0, 0.1) is 27.7 Å². The molecule has 0 N–H and O–H groups in total. The summed E-state index contributed by atoms with van der Waals surface area (Å²) < 4.78 is 16.5. The zero-order chi connectivity index (χ0) is 30.5. The fraction of sp³-hybridized carbons (Fsp3) is 0.303. The molecule has 0 fully saturated rings. The van der Waals surface area contributed by atoms with E-state index in [0.717, 1.165) is 27.1 Å². The number of halogens is 1. The first-order valence-electron chi connectivity index (χ1n) is 13.7. The van der Waals surface area contributed by atoms with Gasteiger partial charge < -0.3 is 14.0 Å². The average Bonchev–Trinajstić information content (AvgIpc) is 3.37. The Morgan fingerprint density at radius 3 is 2.40 bits per heavy atom. The van der Waals surface area contributed by atoms with Crippen molar-refractivity contribution in [3.63, 3.8) is 0 Å². The van der Waals surface area contributed by atoms with Gasteiger partial charge in [-0.05, 0) is 95.5 Å². The predicted octanol–water partition coefficient (Wildman–Crippen LogP) is 5.98. The fourth-order valence-electron chi connectivity index (χ4n) is 5.65. The Balaban J connectivity index is 1.75. The van der Waals surface area contributed by atoms with Gasteiger partial charge in [0, 0.05) is 21.4 Å². The van der Waals surface area contributed by atoms with E-state index in [4.69, 9.17) is 14.5 Å². The third-order valence-corrected chi connectivity index (χ3v) is 8.97. The first-order valence-corrected chi connectivity index (χ1v) is 15.4. The molecule has 0 amide bonds. The summed E-state index contributed by atoms with van der Waals surface area (Å²) in [7, 11) is 1.57. The number of fused-ring (bicyclic) bond motifs is 1. The van der Waals surface area contributed by atoms with Crippen LogP contribution in [0.3, 0.4) is 0 Å². The molecule has 2 aromatic carbocycles. The van der Waals surface area contributed by atoms with Crippen molar-refractivity contribution >= 4 is 39.3 Å². The van der Waals surface area contributed by atoms with Crippen LogP contribution in [-0.2, 0) is 9.53 Å². The molecule has 0 saturated carbocycles. The van der Waals surface area contributed by atoms with E-state index in [1.807, 2.05) is 24.3 Å². The van der Waals surface area contributed by atoms with Crippen molar-refractivity contribution in [1.82, 2.24) is 9.13 Å². The molecule has 9 heteroatoms. The zero-order valence-corrected chi connectivity index (χ0v) is 27.4. The van der Waals surface area contributed by atoms with E-state index in [9.17, 15) is 9.59 Å². The summed E-state index contributed by atoms with van der Waals surface area (Å²) in [6.07, 6.45) is 1.59. The maximum absolute atomic E-state index is 14.2. The molecule has 0 bridgehead atoms. The number of aromatic nitrogens is 2. The van der Waals surface area contributed by atoms with Gasteiger partial charge in [-0.15, -0.1) is 0 Å². The van der Waals surface area contributed by atoms with Gasteiger partial charge in [0.05, 0.1) is 34.7 Å². The second kappa shape index (κ2) is 11.5. The highest BCUT2D eigenvalue weighted by molar-refractivity contribution is 9.10. The van der Waals surface area contributed by atoms with Gasteiger partial charge in [-0.3, -0.25) is 9.36 Å². The maximum Gasteiger partial charge on any atom is 0.338 e. The van der Waals surface area contributed by atoms with Gasteiger partial charge in [0.1, 0.15) is 11.8 Å². The molecule has 2 aromatic heterocycles. The highest BCUT2D eigenvalue weighted by Crippen LogP contribution is 2.37. The van der Waals surface area contributed by atoms with Gasteiger partial charge >= 0.3 is 5.97 Å². The molecule has 0 spiro atoms. The lowest BCUT2D eigenvalue weighted by Gasteiger charge is -2.26. The summed E-state index contributed by atoms with van der Waals surface area (Å²) in [5.74, 6) is 0.0455. The number of nitrogens with zero attached hydrogens (tertiary/aromatic N) is 3. The number of hydrogen-bond donors (Lipinski definition) is 0. The first kappa shape index (κ1) is 29.8. The highest BCUT2D eigenvalue weighted by atomic mass is 79.9. The van der Waals surface area contributed by atoms with Crippen LogP contribution in [0.15, 0.2) is 68.0 Å². The standard InChI is InChI=1S/C33H34BrN3O4S/c1-17(2)41-32(39)28-21(6)35-33-37(30(28)25-16-24(34)12-13-26(25)40-8)31(38)27(42-33)15-23-14-20(5)36(22(23)7)29-18(3)10-9-11-19(29)4/h9-17,30H,1-8H3/b27-15-/t30-/m0/s1. The molecule has 0 radical (unpaired) electrons. The number of para-hydroxylation sites is 1. The van der Waals surface area contributed by atoms with Crippen LogP contribution in [0.2, 0.25) is 0 Å². The Kier molecular flexibility index (Phi) is 8.18. The van der Waals surface area contributed by atoms with Gasteiger partial charge in [-0.2, -0.15) is 0 Å². The molecule has 218 valence electrons. The Hall–Kier alpha value is -3.69. The molecule has 1 atom stereocenters. The fourth-order valence-corrected chi connectivity index (χ4v) is 7.07. The molecule has 3 heterocycles. The maximum atomic E-state index is 14.2. The van der Waals surface area contributed by atoms with Gasteiger partial charge in [0.2, 0.25) is 0 Å². The molecular weight excluding hydrogens is 614 g/mol. The van der Waals surface area contributed by atoms with Gasteiger partial charge in [0.15, 0.2) is 4.80 Å². The first-order chi connectivity index (χ1) is 19.9. The zero-order valence-electron chi connectivity index (χ0n) is 25.0. The highest BCUT2D eigenvalue weighted by Gasteiger charge is 2.35. The average molecular weight is 649 g/mol. The van der Waals surface area contributed by atoms with Crippen molar-refractivity contribution < 1.29 is 14.3 Å². The van der Waals surface area contributed by atoms with Crippen LogP contribution >= 0.6 is 27.3 Å². The second-order valence-corrected chi connectivity index (χ2v) is 12.7. The number of carbonyl (C=O) groups is 1. The van der Waals surface area contributed by atoms with Crippen LogP contribution < -0.4 is 19.6 Å². The van der Waals surface area contributed by atoms with Crippen molar-refractivity contribution in [1.29, 1.82) is 0 Å². The smallest absolute Gasteiger partial charge is 0.338 e. The van der Waals surface area contributed by atoms with Gasteiger partial charge in [-0.1, -0.05) is 45.5 Å². The Morgan fingerprint density at radius 1 is 1.07 bits per heavy atom. The molecular formula is C33H34BrN3O4S. The molecule has 0 aliphatic carbocycles. The lowest BCUT2D eigenvalue weighted by molar-refractivity contribution is -0.143. The number of thiazole rings is 1. The number of hydrogen-bond acceptors (Lipinski definition) is 6. The number of ether oxygens (including phenoxy) is 2. The third-order valence-electron chi connectivity index (χ3n) is 7.49. The van der Waals surface area contributed by atoms with Crippen LogP contribution in [-0.4, -0.2) is 28.3 Å². The summed E-state index contributed by atoms with van der Waals surface area (Å²) in [6, 6.07) is 13.2. The van der Waals surface area contributed by atoms with Gasteiger partial charge in [-0.25, -0.2) is 9.79 Å². The summed E-state index contributed by atoms with van der Waals surface area (Å²) >= 11 is 4.86. The van der Waals surface area contributed by atoms with E-state index in [2.05, 4.69) is 72.5 Å². The minimum Gasteiger partial charge on any atom is -0.496 e. The molecule has 0 unspecified atom stereocenters. The van der Waals surface area contributed by atoms with Crippen molar-refractivity contribution in [2.24, 2.45) is 4.99 Å². The summed E-state index contributed by atoms with van der Waals surface area (Å²) in [5, 5.41) is 0. The second-order valence-electron chi connectivity index (χ2n) is 10.8. The Bertz CT molecular complexity index is 1920. The normalized spacial score (nSPS) is 15.2. The van der Waals surface area contributed by atoms with Crippen LogP contribution in [0.4, 0.5) is 0 Å². The number of benzene rings is 2. The van der Waals surface area contributed by atoms with E-state index < -0.39 is 12.0 Å². The molecule has 4 aromatic rings. The van der Waals surface area contributed by atoms with Gasteiger partial charge in [0.25, 0.3) is 5.56 Å². The summed E-state index contributed by atoms with van der Waals surface area (Å²) in [4.78, 5) is 32.9. The molecule has 0 saturated heterocycles. The largest absolute Gasteiger partial charge is 0.496 e. The minimum absolute atomic E-state index is 0.231. The third kappa shape index (κ3) is 5.20. The van der Waals surface area contributed by atoms with Crippen LogP contribution in [0.5, 0.6) is 5.75 Å². The molecule has 42 heavy (non-hydrogen) atoms.